The summed E-state index contributed by atoms with van der Waals surface area (Å²) in [5, 5.41) is 13.3. The molecular formula is C18H20N4S. The van der Waals surface area contributed by atoms with E-state index in [9.17, 15) is 0 Å². The highest BCUT2D eigenvalue weighted by molar-refractivity contribution is 7.07. The first-order valence-electron chi connectivity index (χ1n) is 8.07. The van der Waals surface area contributed by atoms with E-state index >= 15 is 0 Å². The zero-order valence-electron chi connectivity index (χ0n) is 13.1. The average Bonchev–Trinajstić information content (AvgIpc) is 3.17. The molecule has 3 heterocycles. The van der Waals surface area contributed by atoms with Gasteiger partial charge in [-0.05, 0) is 28.0 Å². The van der Waals surface area contributed by atoms with E-state index in [1.807, 2.05) is 0 Å². The van der Waals surface area contributed by atoms with Crippen LogP contribution in [0, 0.1) is 0 Å². The molecule has 0 unspecified atom stereocenters. The van der Waals surface area contributed by atoms with Crippen molar-refractivity contribution in [3.8, 4) is 0 Å². The lowest BCUT2D eigenvalue weighted by atomic mass is 10.1. The SMILES string of the molecule is c1ccc(Cc2nnc3n2CCN(Cc2ccsc2)CC3)cc1. The van der Waals surface area contributed by atoms with Gasteiger partial charge in [-0.3, -0.25) is 4.90 Å². The van der Waals surface area contributed by atoms with Gasteiger partial charge in [-0.25, -0.2) is 0 Å². The predicted octanol–water partition coefficient (Wildman–Crippen LogP) is 2.99. The first-order chi connectivity index (χ1) is 11.4. The lowest BCUT2D eigenvalue weighted by molar-refractivity contribution is 0.271. The second-order valence-electron chi connectivity index (χ2n) is 6.00. The summed E-state index contributed by atoms with van der Waals surface area (Å²) < 4.78 is 2.32. The van der Waals surface area contributed by atoms with Crippen molar-refractivity contribution in [2.75, 3.05) is 13.1 Å². The standard InChI is InChI=1S/C18H20N4S/c1-2-4-15(5-3-1)12-18-20-19-17-6-8-21(9-10-22(17)18)13-16-7-11-23-14-16/h1-5,7,11,14H,6,8-10,12-13H2. The summed E-state index contributed by atoms with van der Waals surface area (Å²) in [5.41, 5.74) is 2.71. The zero-order valence-corrected chi connectivity index (χ0v) is 13.9. The van der Waals surface area contributed by atoms with Gasteiger partial charge in [0.2, 0.25) is 0 Å². The predicted molar refractivity (Wildman–Crippen MR) is 92.6 cm³/mol. The minimum absolute atomic E-state index is 0.859. The summed E-state index contributed by atoms with van der Waals surface area (Å²) in [6.45, 7) is 4.13. The normalized spacial score (nSPS) is 15.3. The molecule has 0 saturated carbocycles. The van der Waals surface area contributed by atoms with E-state index in [0.29, 0.717) is 0 Å². The summed E-state index contributed by atoms with van der Waals surface area (Å²) >= 11 is 1.77. The van der Waals surface area contributed by atoms with Gasteiger partial charge in [0.05, 0.1) is 0 Å². The van der Waals surface area contributed by atoms with Crippen molar-refractivity contribution in [2.24, 2.45) is 0 Å². The van der Waals surface area contributed by atoms with Gasteiger partial charge in [-0.2, -0.15) is 11.3 Å². The topological polar surface area (TPSA) is 34.0 Å². The first-order valence-corrected chi connectivity index (χ1v) is 9.01. The zero-order chi connectivity index (χ0) is 15.5. The first kappa shape index (κ1) is 14.6. The van der Waals surface area contributed by atoms with Crippen LogP contribution in [0.15, 0.2) is 47.2 Å². The molecule has 0 aliphatic carbocycles. The Morgan fingerprint density at radius 1 is 0.957 bits per heavy atom. The minimum Gasteiger partial charge on any atom is -0.313 e. The van der Waals surface area contributed by atoms with Crippen LogP contribution in [0.2, 0.25) is 0 Å². The van der Waals surface area contributed by atoms with Crippen molar-refractivity contribution in [3.63, 3.8) is 0 Å². The van der Waals surface area contributed by atoms with Crippen molar-refractivity contribution in [3.05, 3.63) is 69.9 Å². The number of benzene rings is 1. The second-order valence-corrected chi connectivity index (χ2v) is 6.78. The van der Waals surface area contributed by atoms with Gasteiger partial charge in [0.15, 0.2) is 0 Å². The summed E-state index contributed by atoms with van der Waals surface area (Å²) in [6, 6.07) is 12.7. The fourth-order valence-electron chi connectivity index (χ4n) is 3.13. The van der Waals surface area contributed by atoms with E-state index in [1.165, 1.54) is 11.1 Å². The largest absolute Gasteiger partial charge is 0.313 e. The average molecular weight is 324 g/mol. The lowest BCUT2D eigenvalue weighted by Crippen LogP contribution is -2.26. The van der Waals surface area contributed by atoms with Crippen LogP contribution in [-0.2, 0) is 25.9 Å². The molecule has 0 atom stereocenters. The van der Waals surface area contributed by atoms with Gasteiger partial charge < -0.3 is 4.57 Å². The van der Waals surface area contributed by atoms with Gasteiger partial charge in [0.1, 0.15) is 11.6 Å². The lowest BCUT2D eigenvalue weighted by Gasteiger charge is -2.18. The summed E-state index contributed by atoms with van der Waals surface area (Å²) in [6.07, 6.45) is 1.84. The minimum atomic E-state index is 0.859. The molecule has 0 bridgehead atoms. The van der Waals surface area contributed by atoms with Crippen molar-refractivity contribution < 1.29 is 0 Å². The number of thiophene rings is 1. The van der Waals surface area contributed by atoms with Crippen LogP contribution < -0.4 is 0 Å². The molecule has 4 rings (SSSR count). The maximum Gasteiger partial charge on any atom is 0.137 e. The fourth-order valence-corrected chi connectivity index (χ4v) is 3.79. The maximum atomic E-state index is 4.43. The van der Waals surface area contributed by atoms with E-state index in [4.69, 9.17) is 0 Å². The molecule has 0 spiro atoms. The van der Waals surface area contributed by atoms with Crippen molar-refractivity contribution in [2.45, 2.75) is 25.9 Å². The molecule has 2 aromatic heterocycles. The molecule has 0 amide bonds. The van der Waals surface area contributed by atoms with Crippen LogP contribution in [0.4, 0.5) is 0 Å². The van der Waals surface area contributed by atoms with Crippen LogP contribution in [0.5, 0.6) is 0 Å². The smallest absolute Gasteiger partial charge is 0.137 e. The quantitative estimate of drug-likeness (QED) is 0.740. The molecular weight excluding hydrogens is 304 g/mol. The van der Waals surface area contributed by atoms with E-state index in [2.05, 4.69) is 66.8 Å². The van der Waals surface area contributed by atoms with E-state index in [-0.39, 0.29) is 0 Å². The molecule has 0 radical (unpaired) electrons. The van der Waals surface area contributed by atoms with Gasteiger partial charge >= 0.3 is 0 Å². The Hall–Kier alpha value is -1.98. The third-order valence-corrected chi connectivity index (χ3v) is 5.12. The highest BCUT2D eigenvalue weighted by atomic mass is 32.1. The molecule has 1 aromatic carbocycles. The van der Waals surface area contributed by atoms with Crippen LogP contribution in [0.3, 0.4) is 0 Å². The van der Waals surface area contributed by atoms with Crippen LogP contribution >= 0.6 is 11.3 Å². The van der Waals surface area contributed by atoms with Crippen molar-refractivity contribution >= 4 is 11.3 Å². The van der Waals surface area contributed by atoms with Crippen molar-refractivity contribution in [1.82, 2.24) is 19.7 Å². The van der Waals surface area contributed by atoms with Gasteiger partial charge in [-0.15, -0.1) is 10.2 Å². The molecule has 3 aromatic rings. The Labute approximate surface area is 140 Å². The summed E-state index contributed by atoms with van der Waals surface area (Å²) in [7, 11) is 0. The Bertz CT molecular complexity index is 749. The third kappa shape index (κ3) is 3.35. The number of hydrogen-bond acceptors (Lipinski definition) is 4. The maximum absolute atomic E-state index is 4.43. The molecule has 5 heteroatoms. The summed E-state index contributed by atoms with van der Waals surface area (Å²) in [5.74, 6) is 2.22. The van der Waals surface area contributed by atoms with Crippen LogP contribution in [-0.4, -0.2) is 32.8 Å². The molecule has 0 saturated heterocycles. The Balaban J connectivity index is 1.47. The number of rotatable bonds is 4. The molecule has 1 aliphatic rings. The van der Waals surface area contributed by atoms with Gasteiger partial charge in [-0.1, -0.05) is 30.3 Å². The molecule has 1 aliphatic heterocycles. The third-order valence-electron chi connectivity index (χ3n) is 4.39. The Morgan fingerprint density at radius 2 is 1.87 bits per heavy atom. The summed E-state index contributed by atoms with van der Waals surface area (Å²) in [4.78, 5) is 2.52. The second kappa shape index (κ2) is 6.64. The van der Waals surface area contributed by atoms with Crippen LogP contribution in [0.1, 0.15) is 22.8 Å². The molecule has 4 nitrogen and oxygen atoms in total. The Morgan fingerprint density at radius 3 is 2.70 bits per heavy atom. The molecule has 118 valence electrons. The number of hydrogen-bond donors (Lipinski definition) is 0. The monoisotopic (exact) mass is 324 g/mol. The Kier molecular flexibility index (Phi) is 4.22. The highest BCUT2D eigenvalue weighted by Crippen LogP contribution is 2.15. The highest BCUT2D eigenvalue weighted by Gasteiger charge is 2.18. The molecule has 0 N–H and O–H groups in total. The van der Waals surface area contributed by atoms with Crippen molar-refractivity contribution in [1.29, 1.82) is 0 Å². The van der Waals surface area contributed by atoms with E-state index in [1.54, 1.807) is 11.3 Å². The molecule has 0 fully saturated rings. The fraction of sp³-hybridized carbons (Fsp3) is 0.333. The molecule has 23 heavy (non-hydrogen) atoms. The van der Waals surface area contributed by atoms with Crippen LogP contribution in [0.25, 0.3) is 0 Å². The van der Waals surface area contributed by atoms with Gasteiger partial charge in [0.25, 0.3) is 0 Å². The number of aromatic nitrogens is 3. The number of nitrogens with zero attached hydrogens (tertiary/aromatic N) is 4. The van der Waals surface area contributed by atoms with E-state index in [0.717, 1.165) is 50.7 Å². The number of fused-ring (bicyclic) bond motifs is 1. The van der Waals surface area contributed by atoms with E-state index < -0.39 is 0 Å². The van der Waals surface area contributed by atoms with Gasteiger partial charge in [0, 0.05) is 39.0 Å².